The Bertz CT molecular complexity index is 718. The van der Waals surface area contributed by atoms with Crippen molar-refractivity contribution in [2.45, 2.75) is 57.3 Å². The number of carbonyl (C=O) groups is 1. The van der Waals surface area contributed by atoms with Crippen LogP contribution in [0.1, 0.15) is 40.0 Å². The lowest BCUT2D eigenvalue weighted by molar-refractivity contribution is -0.143. The molecular weight excluding hydrogens is 380 g/mol. The van der Waals surface area contributed by atoms with Gasteiger partial charge in [-0.05, 0) is 34.7 Å². The fraction of sp³-hybridized carbons (Fsp3) is 0.458. The number of hydrogen-bond acceptors (Lipinski definition) is 4. The molecule has 0 saturated carbocycles. The molecule has 1 saturated heterocycles. The first-order valence-electron chi connectivity index (χ1n) is 10.4. The standard InChI is InChI=1S/C24H32O4Si/c1-24(2,3)29(20-12-6-4-7-13-20,21-14-8-5-9-15-21)28-18-23-22(27-19-25)16-10-11-17-26-23/h4-9,12-15,19,22-23H,10-11,16-18H2,1-3H3/t22-,23+/m1/s1. The molecule has 0 unspecified atom stereocenters. The largest absolute Gasteiger partial charge is 0.462 e. The van der Waals surface area contributed by atoms with Crippen LogP contribution in [0.5, 0.6) is 0 Å². The minimum absolute atomic E-state index is 0.0958. The van der Waals surface area contributed by atoms with Gasteiger partial charge in [-0.2, -0.15) is 0 Å². The lowest BCUT2D eigenvalue weighted by Crippen LogP contribution is -2.67. The van der Waals surface area contributed by atoms with Crippen LogP contribution in [0.15, 0.2) is 60.7 Å². The highest BCUT2D eigenvalue weighted by Gasteiger charge is 2.50. The number of hydrogen-bond donors (Lipinski definition) is 0. The highest BCUT2D eigenvalue weighted by Crippen LogP contribution is 2.37. The van der Waals surface area contributed by atoms with Crippen LogP contribution in [0.25, 0.3) is 0 Å². The number of benzene rings is 2. The van der Waals surface area contributed by atoms with Crippen molar-refractivity contribution in [2.75, 3.05) is 13.2 Å². The van der Waals surface area contributed by atoms with E-state index in [9.17, 15) is 4.79 Å². The van der Waals surface area contributed by atoms with Crippen LogP contribution >= 0.6 is 0 Å². The topological polar surface area (TPSA) is 44.8 Å². The molecule has 0 radical (unpaired) electrons. The zero-order valence-electron chi connectivity index (χ0n) is 17.7. The molecule has 2 aromatic carbocycles. The van der Waals surface area contributed by atoms with Gasteiger partial charge < -0.3 is 13.9 Å². The minimum atomic E-state index is -2.63. The van der Waals surface area contributed by atoms with Gasteiger partial charge in [-0.25, -0.2) is 0 Å². The molecule has 0 aliphatic carbocycles. The van der Waals surface area contributed by atoms with E-state index in [-0.39, 0.29) is 17.2 Å². The molecule has 0 bridgehead atoms. The molecule has 0 amide bonds. The Morgan fingerprint density at radius 2 is 1.59 bits per heavy atom. The first-order valence-corrected chi connectivity index (χ1v) is 12.4. The van der Waals surface area contributed by atoms with Crippen LogP contribution in [-0.4, -0.2) is 40.2 Å². The van der Waals surface area contributed by atoms with Crippen LogP contribution < -0.4 is 10.4 Å². The molecule has 1 fully saturated rings. The van der Waals surface area contributed by atoms with Gasteiger partial charge in [0.1, 0.15) is 12.2 Å². The second kappa shape index (κ2) is 9.70. The number of carbonyl (C=O) groups excluding carboxylic acids is 1. The van der Waals surface area contributed by atoms with Crippen LogP contribution in [0.3, 0.4) is 0 Å². The van der Waals surface area contributed by atoms with Gasteiger partial charge in [-0.15, -0.1) is 0 Å². The average molecular weight is 413 g/mol. The second-order valence-corrected chi connectivity index (χ2v) is 13.0. The van der Waals surface area contributed by atoms with Crippen molar-refractivity contribution in [3.05, 3.63) is 60.7 Å². The maximum Gasteiger partial charge on any atom is 0.293 e. The molecule has 1 heterocycles. The third-order valence-corrected chi connectivity index (χ3v) is 10.7. The van der Waals surface area contributed by atoms with Gasteiger partial charge in [-0.1, -0.05) is 81.4 Å². The third kappa shape index (κ3) is 4.79. The van der Waals surface area contributed by atoms with E-state index in [1.54, 1.807) is 0 Å². The first kappa shape index (κ1) is 21.7. The zero-order valence-corrected chi connectivity index (χ0v) is 18.7. The van der Waals surface area contributed by atoms with Crippen LogP contribution in [-0.2, 0) is 18.7 Å². The molecular formula is C24H32O4Si. The number of rotatable bonds is 7. The van der Waals surface area contributed by atoms with Gasteiger partial charge in [0.2, 0.25) is 0 Å². The summed E-state index contributed by atoms with van der Waals surface area (Å²) in [4.78, 5) is 11.0. The van der Waals surface area contributed by atoms with E-state index in [0.717, 1.165) is 19.3 Å². The summed E-state index contributed by atoms with van der Waals surface area (Å²) in [6, 6.07) is 21.1. The Hall–Kier alpha value is -1.95. The molecule has 0 aromatic heterocycles. The van der Waals surface area contributed by atoms with Crippen LogP contribution in [0.2, 0.25) is 5.04 Å². The quantitative estimate of drug-likeness (QED) is 0.514. The van der Waals surface area contributed by atoms with E-state index in [0.29, 0.717) is 19.7 Å². The highest BCUT2D eigenvalue weighted by atomic mass is 28.4. The summed E-state index contributed by atoms with van der Waals surface area (Å²) in [6.07, 6.45) is 2.29. The van der Waals surface area contributed by atoms with Gasteiger partial charge in [0.05, 0.1) is 6.61 Å². The molecule has 2 aromatic rings. The maximum atomic E-state index is 11.0. The van der Waals surface area contributed by atoms with Gasteiger partial charge in [0.15, 0.2) is 0 Å². The molecule has 29 heavy (non-hydrogen) atoms. The molecule has 5 heteroatoms. The monoisotopic (exact) mass is 412 g/mol. The van der Waals surface area contributed by atoms with Crippen molar-refractivity contribution in [3.8, 4) is 0 Å². The summed E-state index contributed by atoms with van der Waals surface area (Å²) >= 11 is 0. The van der Waals surface area contributed by atoms with Crippen LogP contribution in [0, 0.1) is 0 Å². The third-order valence-electron chi connectivity index (χ3n) is 5.74. The normalized spacial score (nSPS) is 20.7. The Morgan fingerprint density at radius 3 is 2.10 bits per heavy atom. The van der Waals surface area contributed by atoms with Crippen molar-refractivity contribution in [1.29, 1.82) is 0 Å². The molecule has 0 N–H and O–H groups in total. The summed E-state index contributed by atoms with van der Waals surface area (Å²) in [5, 5.41) is 2.38. The Labute approximate surface area is 175 Å². The Kier molecular flexibility index (Phi) is 7.27. The summed E-state index contributed by atoms with van der Waals surface area (Å²) < 4.78 is 18.4. The molecule has 0 spiro atoms. The van der Waals surface area contributed by atoms with Crippen molar-refractivity contribution >= 4 is 25.2 Å². The molecule has 2 atom stereocenters. The number of ether oxygens (including phenoxy) is 2. The van der Waals surface area contributed by atoms with Crippen LogP contribution in [0.4, 0.5) is 0 Å². The van der Waals surface area contributed by atoms with E-state index in [1.165, 1.54) is 10.4 Å². The van der Waals surface area contributed by atoms with E-state index in [1.807, 2.05) is 12.1 Å². The van der Waals surface area contributed by atoms with Crippen molar-refractivity contribution in [3.63, 3.8) is 0 Å². The van der Waals surface area contributed by atoms with Crippen molar-refractivity contribution in [2.24, 2.45) is 0 Å². The van der Waals surface area contributed by atoms with Gasteiger partial charge in [0, 0.05) is 6.61 Å². The minimum Gasteiger partial charge on any atom is -0.462 e. The molecule has 3 rings (SSSR count). The lowest BCUT2D eigenvalue weighted by Gasteiger charge is -2.44. The van der Waals surface area contributed by atoms with E-state index in [2.05, 4.69) is 69.3 Å². The maximum absolute atomic E-state index is 11.0. The predicted molar refractivity (Wildman–Crippen MR) is 118 cm³/mol. The molecule has 4 nitrogen and oxygen atoms in total. The SMILES string of the molecule is CC(C)(C)[Si](OC[C@@H]1OCCCC[C@H]1OC=O)(c1ccccc1)c1ccccc1. The average Bonchev–Trinajstić information content (AvgIpc) is 2.95. The van der Waals surface area contributed by atoms with Crippen molar-refractivity contribution < 1.29 is 18.7 Å². The Balaban J connectivity index is 2.00. The predicted octanol–water partition coefficient (Wildman–Crippen LogP) is 3.67. The summed E-state index contributed by atoms with van der Waals surface area (Å²) in [6.45, 7) is 8.39. The summed E-state index contributed by atoms with van der Waals surface area (Å²) in [5.74, 6) is 0. The van der Waals surface area contributed by atoms with E-state index >= 15 is 0 Å². The summed E-state index contributed by atoms with van der Waals surface area (Å²) in [7, 11) is -2.63. The first-order chi connectivity index (χ1) is 14.0. The van der Waals surface area contributed by atoms with E-state index < -0.39 is 8.32 Å². The van der Waals surface area contributed by atoms with Gasteiger partial charge in [0.25, 0.3) is 14.8 Å². The fourth-order valence-electron chi connectivity index (χ4n) is 4.33. The second-order valence-electron chi connectivity index (χ2n) is 8.65. The molecule has 156 valence electrons. The van der Waals surface area contributed by atoms with Gasteiger partial charge >= 0.3 is 0 Å². The molecule has 1 aliphatic rings. The smallest absolute Gasteiger partial charge is 0.293 e. The van der Waals surface area contributed by atoms with Gasteiger partial charge in [-0.3, -0.25) is 4.79 Å². The van der Waals surface area contributed by atoms with Crippen molar-refractivity contribution in [1.82, 2.24) is 0 Å². The fourth-order valence-corrected chi connectivity index (χ4v) is 8.90. The zero-order chi connectivity index (χ0) is 20.7. The Morgan fingerprint density at radius 1 is 1.00 bits per heavy atom. The summed E-state index contributed by atoms with van der Waals surface area (Å²) in [5.41, 5.74) is 0. The molecule has 1 aliphatic heterocycles. The van der Waals surface area contributed by atoms with E-state index in [4.69, 9.17) is 13.9 Å². The highest BCUT2D eigenvalue weighted by molar-refractivity contribution is 6.99. The lowest BCUT2D eigenvalue weighted by atomic mass is 10.1.